The van der Waals surface area contributed by atoms with Gasteiger partial charge in [-0.1, -0.05) is 31.7 Å². The molecule has 0 amide bonds. The molecule has 0 saturated carbocycles. The molecule has 4 nitrogen and oxygen atoms in total. The van der Waals surface area contributed by atoms with Gasteiger partial charge in [-0.25, -0.2) is 0 Å². The van der Waals surface area contributed by atoms with Gasteiger partial charge in [0.05, 0.1) is 10.6 Å². The lowest BCUT2D eigenvalue weighted by Gasteiger charge is -2.08. The Morgan fingerprint density at radius 2 is 2.00 bits per heavy atom. The Hall–Kier alpha value is -0.520. The third-order valence-electron chi connectivity index (χ3n) is 2.44. The van der Waals surface area contributed by atoms with E-state index in [1.54, 1.807) is 0 Å². The lowest BCUT2D eigenvalue weighted by Crippen LogP contribution is -2.29. The summed E-state index contributed by atoms with van der Waals surface area (Å²) in [6.45, 7) is 10.6. The van der Waals surface area contributed by atoms with Gasteiger partial charge in [0.1, 0.15) is 0 Å². The molecule has 0 aliphatic heterocycles. The van der Waals surface area contributed by atoms with Crippen molar-refractivity contribution in [3.8, 4) is 0 Å². The van der Waals surface area contributed by atoms with Crippen LogP contribution in [0, 0.1) is 5.92 Å². The summed E-state index contributed by atoms with van der Waals surface area (Å²) in [5.41, 5.74) is 1.17. The smallest absolute Gasteiger partial charge is 0.0800 e. The van der Waals surface area contributed by atoms with E-state index < -0.39 is 0 Å². The zero-order valence-electron chi connectivity index (χ0n) is 11.1. The third-order valence-corrected chi connectivity index (χ3v) is 3.20. The number of hydrogen-bond acceptors (Lipinski definition) is 5. The fourth-order valence-electron chi connectivity index (χ4n) is 1.56. The number of nitrogens with zero attached hydrogens (tertiary/aromatic N) is 2. The molecule has 1 aromatic heterocycles. The first-order chi connectivity index (χ1) is 8.24. The van der Waals surface area contributed by atoms with Gasteiger partial charge in [-0.3, -0.25) is 0 Å². The van der Waals surface area contributed by atoms with Crippen molar-refractivity contribution in [1.82, 2.24) is 20.2 Å². The molecule has 0 fully saturated rings. The van der Waals surface area contributed by atoms with Gasteiger partial charge in [0.15, 0.2) is 0 Å². The van der Waals surface area contributed by atoms with Gasteiger partial charge in [0.2, 0.25) is 0 Å². The molecule has 0 atom stereocenters. The molecule has 0 spiro atoms. The van der Waals surface area contributed by atoms with Gasteiger partial charge < -0.3 is 10.6 Å². The van der Waals surface area contributed by atoms with Crippen molar-refractivity contribution in [2.45, 2.75) is 40.2 Å². The van der Waals surface area contributed by atoms with Gasteiger partial charge in [-0.2, -0.15) is 0 Å². The minimum Gasteiger partial charge on any atom is -0.315 e. The largest absolute Gasteiger partial charge is 0.315 e. The molecule has 17 heavy (non-hydrogen) atoms. The van der Waals surface area contributed by atoms with E-state index >= 15 is 0 Å². The predicted molar refractivity (Wildman–Crippen MR) is 73.3 cm³/mol. The third kappa shape index (κ3) is 6.10. The van der Waals surface area contributed by atoms with E-state index in [-0.39, 0.29) is 0 Å². The number of rotatable bonds is 9. The number of nitrogens with one attached hydrogen (secondary N) is 2. The van der Waals surface area contributed by atoms with E-state index in [0.29, 0.717) is 0 Å². The maximum atomic E-state index is 4.16. The average molecular weight is 256 g/mol. The normalized spacial score (nSPS) is 11.3. The van der Waals surface area contributed by atoms with Gasteiger partial charge in [-0.15, -0.1) is 5.10 Å². The van der Waals surface area contributed by atoms with Crippen LogP contribution in [0.1, 0.15) is 37.8 Å². The average Bonchev–Trinajstić information content (AvgIpc) is 2.71. The minimum atomic E-state index is 0.719. The maximum absolute atomic E-state index is 4.16. The van der Waals surface area contributed by atoms with Crippen LogP contribution in [0.5, 0.6) is 0 Å². The molecule has 0 bridgehead atoms. The van der Waals surface area contributed by atoms with Gasteiger partial charge in [-0.05, 0) is 30.4 Å². The van der Waals surface area contributed by atoms with Gasteiger partial charge in [0.25, 0.3) is 0 Å². The molecule has 98 valence electrons. The van der Waals surface area contributed by atoms with Crippen molar-refractivity contribution >= 4 is 11.5 Å². The fourth-order valence-corrected chi connectivity index (χ4v) is 2.21. The zero-order chi connectivity index (χ0) is 12.5. The lowest BCUT2D eigenvalue weighted by atomic mass is 10.2. The molecule has 0 saturated heterocycles. The highest BCUT2D eigenvalue weighted by atomic mass is 32.1. The Morgan fingerprint density at radius 1 is 1.24 bits per heavy atom. The Balaban J connectivity index is 2.11. The highest BCUT2D eigenvalue weighted by molar-refractivity contribution is 7.05. The Bertz CT molecular complexity index is 298. The lowest BCUT2D eigenvalue weighted by molar-refractivity contribution is 0.535. The Kier molecular flexibility index (Phi) is 7.32. The second-order valence-electron chi connectivity index (χ2n) is 4.67. The SMILES string of the molecule is CCCc1nnsc1CNCCNCC(C)C. The molecular weight excluding hydrogens is 232 g/mol. The summed E-state index contributed by atoms with van der Waals surface area (Å²) in [5, 5.41) is 11.0. The van der Waals surface area contributed by atoms with Crippen molar-refractivity contribution in [3.05, 3.63) is 10.6 Å². The minimum absolute atomic E-state index is 0.719. The number of hydrogen-bond donors (Lipinski definition) is 2. The summed E-state index contributed by atoms with van der Waals surface area (Å²) in [4.78, 5) is 1.29. The summed E-state index contributed by atoms with van der Waals surface area (Å²) in [6, 6.07) is 0. The molecular formula is C12H24N4S. The molecule has 0 aliphatic carbocycles. The Labute approximate surface area is 108 Å². The second-order valence-corrected chi connectivity index (χ2v) is 5.51. The molecule has 1 rings (SSSR count). The monoisotopic (exact) mass is 256 g/mol. The van der Waals surface area contributed by atoms with Crippen LogP contribution in [-0.2, 0) is 13.0 Å². The molecule has 1 heterocycles. The number of aromatic nitrogens is 2. The summed E-state index contributed by atoms with van der Waals surface area (Å²) >= 11 is 1.51. The van der Waals surface area contributed by atoms with Crippen LogP contribution in [-0.4, -0.2) is 29.2 Å². The van der Waals surface area contributed by atoms with Crippen LogP contribution in [0.15, 0.2) is 0 Å². The van der Waals surface area contributed by atoms with Crippen LogP contribution >= 0.6 is 11.5 Å². The highest BCUT2D eigenvalue weighted by Crippen LogP contribution is 2.11. The molecule has 0 aliphatic rings. The van der Waals surface area contributed by atoms with Crippen LogP contribution in [0.3, 0.4) is 0 Å². The summed E-state index contributed by atoms with van der Waals surface area (Å²) < 4.78 is 4.02. The van der Waals surface area contributed by atoms with Crippen molar-refractivity contribution in [3.63, 3.8) is 0 Å². The van der Waals surface area contributed by atoms with E-state index in [1.807, 2.05) is 0 Å². The van der Waals surface area contributed by atoms with Gasteiger partial charge in [0, 0.05) is 19.6 Å². The first-order valence-corrected chi connectivity index (χ1v) is 7.23. The Morgan fingerprint density at radius 3 is 2.71 bits per heavy atom. The van der Waals surface area contributed by atoms with Crippen molar-refractivity contribution in [2.24, 2.45) is 5.92 Å². The van der Waals surface area contributed by atoms with Crippen LogP contribution in [0.4, 0.5) is 0 Å². The van der Waals surface area contributed by atoms with Crippen molar-refractivity contribution < 1.29 is 0 Å². The summed E-state index contributed by atoms with van der Waals surface area (Å²) in [5.74, 6) is 0.719. The first-order valence-electron chi connectivity index (χ1n) is 6.45. The summed E-state index contributed by atoms with van der Waals surface area (Å²) in [7, 11) is 0. The first kappa shape index (κ1) is 14.5. The second kappa shape index (κ2) is 8.55. The molecule has 0 unspecified atom stereocenters. The summed E-state index contributed by atoms with van der Waals surface area (Å²) in [6.07, 6.45) is 2.17. The molecule has 0 aromatic carbocycles. The van der Waals surface area contributed by atoms with E-state index in [4.69, 9.17) is 0 Å². The maximum Gasteiger partial charge on any atom is 0.0800 e. The topological polar surface area (TPSA) is 49.8 Å². The fraction of sp³-hybridized carbons (Fsp3) is 0.833. The van der Waals surface area contributed by atoms with E-state index in [9.17, 15) is 0 Å². The molecule has 5 heteroatoms. The van der Waals surface area contributed by atoms with Crippen LogP contribution in [0.25, 0.3) is 0 Å². The molecule has 2 N–H and O–H groups in total. The molecule has 1 aromatic rings. The van der Waals surface area contributed by atoms with Crippen molar-refractivity contribution in [2.75, 3.05) is 19.6 Å². The van der Waals surface area contributed by atoms with E-state index in [2.05, 4.69) is 41.0 Å². The predicted octanol–water partition coefficient (Wildman–Crippen LogP) is 1.83. The quantitative estimate of drug-likeness (QED) is 0.662. The standard InChI is InChI=1S/C12H24N4S/c1-4-5-11-12(17-16-15-11)9-14-7-6-13-8-10(2)3/h10,13-14H,4-9H2,1-3H3. The van der Waals surface area contributed by atoms with Crippen LogP contribution < -0.4 is 10.6 Å². The van der Waals surface area contributed by atoms with Crippen molar-refractivity contribution in [1.29, 1.82) is 0 Å². The van der Waals surface area contributed by atoms with Crippen LogP contribution in [0.2, 0.25) is 0 Å². The molecule has 0 radical (unpaired) electrons. The van der Waals surface area contributed by atoms with E-state index in [0.717, 1.165) is 44.9 Å². The number of aryl methyl sites for hydroxylation is 1. The zero-order valence-corrected chi connectivity index (χ0v) is 11.9. The highest BCUT2D eigenvalue weighted by Gasteiger charge is 2.05. The van der Waals surface area contributed by atoms with E-state index in [1.165, 1.54) is 22.1 Å². The van der Waals surface area contributed by atoms with Gasteiger partial charge >= 0.3 is 0 Å².